The number of hydrogen-bond acceptors (Lipinski definition) is 7. The van der Waals surface area contributed by atoms with Crippen LogP contribution in [0.4, 0.5) is 0 Å². The Balaban J connectivity index is 1.57. The molecule has 0 spiro atoms. The molecule has 0 aliphatic carbocycles. The Morgan fingerprint density at radius 1 is 1.65 bits per heavy atom. The highest BCUT2D eigenvalue weighted by molar-refractivity contribution is 8.00. The molecule has 0 bridgehead atoms. The first-order valence-electron chi connectivity index (χ1n) is 7.45. The summed E-state index contributed by atoms with van der Waals surface area (Å²) in [6.07, 6.45) is 2.20. The molecule has 0 radical (unpaired) electrons. The van der Waals surface area contributed by atoms with E-state index in [2.05, 4.69) is 15.5 Å². The SMILES string of the molecule is C[C@H](Sc1nnc(-c2cccs2)n1N)C(=O)NC[C@@H]1CCCO1. The minimum atomic E-state index is -0.306. The maximum absolute atomic E-state index is 12.2. The van der Waals surface area contributed by atoms with Crippen LogP contribution >= 0.6 is 23.1 Å². The maximum Gasteiger partial charge on any atom is 0.233 e. The number of thiophene rings is 1. The molecule has 2 aromatic heterocycles. The van der Waals surface area contributed by atoms with E-state index in [1.165, 1.54) is 16.4 Å². The van der Waals surface area contributed by atoms with Crippen LogP contribution in [0.2, 0.25) is 0 Å². The summed E-state index contributed by atoms with van der Waals surface area (Å²) in [7, 11) is 0. The third kappa shape index (κ3) is 3.85. The van der Waals surface area contributed by atoms with Crippen LogP contribution in [0.1, 0.15) is 19.8 Å². The lowest BCUT2D eigenvalue weighted by Crippen LogP contribution is -2.36. The van der Waals surface area contributed by atoms with E-state index in [0.717, 1.165) is 24.3 Å². The lowest BCUT2D eigenvalue weighted by atomic mass is 10.2. The lowest BCUT2D eigenvalue weighted by Gasteiger charge is -2.14. The van der Waals surface area contributed by atoms with Crippen LogP contribution in [-0.4, -0.2) is 45.3 Å². The molecule has 3 rings (SSSR count). The summed E-state index contributed by atoms with van der Waals surface area (Å²) in [5.74, 6) is 6.60. The number of thioether (sulfide) groups is 1. The Morgan fingerprint density at radius 2 is 2.52 bits per heavy atom. The van der Waals surface area contributed by atoms with Gasteiger partial charge in [-0.3, -0.25) is 4.79 Å². The van der Waals surface area contributed by atoms with E-state index in [1.807, 2.05) is 24.4 Å². The lowest BCUT2D eigenvalue weighted by molar-refractivity contribution is -0.120. The third-order valence-corrected chi connectivity index (χ3v) is 5.51. The number of nitrogens with zero attached hydrogens (tertiary/aromatic N) is 3. The summed E-state index contributed by atoms with van der Waals surface area (Å²) in [6.45, 7) is 3.17. The van der Waals surface area contributed by atoms with Crippen molar-refractivity contribution in [3.05, 3.63) is 17.5 Å². The average Bonchev–Trinajstić information content (AvgIpc) is 3.27. The van der Waals surface area contributed by atoms with Gasteiger partial charge in [0.15, 0.2) is 5.82 Å². The molecule has 1 fully saturated rings. The Morgan fingerprint density at radius 3 is 3.22 bits per heavy atom. The first-order chi connectivity index (χ1) is 11.1. The fraction of sp³-hybridized carbons (Fsp3) is 0.500. The second-order valence-electron chi connectivity index (χ2n) is 5.29. The Labute approximate surface area is 142 Å². The van der Waals surface area contributed by atoms with E-state index in [4.69, 9.17) is 10.6 Å². The number of carbonyl (C=O) groups excluding carboxylic acids is 1. The van der Waals surface area contributed by atoms with Crippen molar-refractivity contribution in [1.82, 2.24) is 20.2 Å². The second-order valence-corrected chi connectivity index (χ2v) is 7.55. The van der Waals surface area contributed by atoms with Crippen molar-refractivity contribution in [3.8, 4) is 10.7 Å². The first kappa shape index (κ1) is 16.3. The standard InChI is InChI=1S/C14H19N5O2S2/c1-9(13(20)16-8-10-4-2-6-21-10)23-14-18-17-12(19(14)15)11-5-3-7-22-11/h3,5,7,9-10H,2,4,6,8,15H2,1H3,(H,16,20)/t9-,10-/m0/s1. The Hall–Kier alpha value is -1.58. The summed E-state index contributed by atoms with van der Waals surface area (Å²) < 4.78 is 6.93. The van der Waals surface area contributed by atoms with Gasteiger partial charge in [0.25, 0.3) is 0 Å². The Bertz CT molecular complexity index is 652. The molecule has 9 heteroatoms. The second kappa shape index (κ2) is 7.33. The number of nitrogens with two attached hydrogens (primary N) is 1. The van der Waals surface area contributed by atoms with Crippen molar-refractivity contribution in [3.63, 3.8) is 0 Å². The van der Waals surface area contributed by atoms with Gasteiger partial charge in [-0.2, -0.15) is 0 Å². The molecule has 7 nitrogen and oxygen atoms in total. The van der Waals surface area contributed by atoms with Crippen LogP contribution in [0.15, 0.2) is 22.7 Å². The molecule has 0 saturated carbocycles. The predicted molar refractivity (Wildman–Crippen MR) is 90.8 cm³/mol. The van der Waals surface area contributed by atoms with Crippen molar-refractivity contribution in [1.29, 1.82) is 0 Å². The minimum Gasteiger partial charge on any atom is -0.376 e. The largest absolute Gasteiger partial charge is 0.376 e. The molecule has 2 atom stereocenters. The molecule has 1 aliphatic rings. The molecule has 2 aromatic rings. The fourth-order valence-electron chi connectivity index (χ4n) is 2.31. The van der Waals surface area contributed by atoms with Crippen molar-refractivity contribution >= 4 is 29.0 Å². The molecule has 3 N–H and O–H groups in total. The summed E-state index contributed by atoms with van der Waals surface area (Å²) in [5.41, 5.74) is 0. The zero-order valence-corrected chi connectivity index (χ0v) is 14.4. The maximum atomic E-state index is 12.2. The summed E-state index contributed by atoms with van der Waals surface area (Å²) >= 11 is 2.84. The number of rotatable bonds is 6. The van der Waals surface area contributed by atoms with E-state index >= 15 is 0 Å². The van der Waals surface area contributed by atoms with E-state index in [0.29, 0.717) is 17.5 Å². The molecule has 23 heavy (non-hydrogen) atoms. The van der Waals surface area contributed by atoms with E-state index in [1.54, 1.807) is 11.3 Å². The molecule has 1 saturated heterocycles. The molecular weight excluding hydrogens is 334 g/mol. The van der Waals surface area contributed by atoms with Crippen LogP contribution in [-0.2, 0) is 9.53 Å². The van der Waals surface area contributed by atoms with Crippen LogP contribution in [0.3, 0.4) is 0 Å². The summed E-state index contributed by atoms with van der Waals surface area (Å²) in [5, 5.41) is 13.3. The number of aromatic nitrogens is 3. The van der Waals surface area contributed by atoms with Crippen LogP contribution < -0.4 is 11.2 Å². The monoisotopic (exact) mass is 353 g/mol. The number of nitrogens with one attached hydrogen (secondary N) is 1. The van der Waals surface area contributed by atoms with Gasteiger partial charge >= 0.3 is 0 Å². The highest BCUT2D eigenvalue weighted by Crippen LogP contribution is 2.27. The highest BCUT2D eigenvalue weighted by atomic mass is 32.2. The smallest absolute Gasteiger partial charge is 0.233 e. The van der Waals surface area contributed by atoms with E-state index in [9.17, 15) is 4.79 Å². The van der Waals surface area contributed by atoms with Crippen molar-refractivity contribution in [2.24, 2.45) is 0 Å². The Kier molecular flexibility index (Phi) is 5.19. The van der Waals surface area contributed by atoms with Gasteiger partial charge in [0, 0.05) is 13.2 Å². The van der Waals surface area contributed by atoms with Crippen molar-refractivity contribution in [2.45, 2.75) is 36.3 Å². The quantitative estimate of drug-likeness (QED) is 0.604. The van der Waals surface area contributed by atoms with E-state index < -0.39 is 0 Å². The number of ether oxygens (including phenoxy) is 1. The van der Waals surface area contributed by atoms with Gasteiger partial charge in [-0.15, -0.1) is 21.5 Å². The number of carbonyl (C=O) groups is 1. The van der Waals surface area contributed by atoms with Gasteiger partial charge in [0.05, 0.1) is 16.2 Å². The number of hydrogen-bond donors (Lipinski definition) is 2. The average molecular weight is 353 g/mol. The molecule has 124 valence electrons. The first-order valence-corrected chi connectivity index (χ1v) is 9.21. The highest BCUT2D eigenvalue weighted by Gasteiger charge is 2.22. The number of amides is 1. The zero-order valence-electron chi connectivity index (χ0n) is 12.8. The fourth-order valence-corrected chi connectivity index (χ4v) is 3.81. The predicted octanol–water partition coefficient (Wildman–Crippen LogP) is 1.50. The molecule has 1 amide bonds. The van der Waals surface area contributed by atoms with Gasteiger partial charge in [0.1, 0.15) is 0 Å². The van der Waals surface area contributed by atoms with Gasteiger partial charge < -0.3 is 15.9 Å². The van der Waals surface area contributed by atoms with Crippen molar-refractivity contribution in [2.75, 3.05) is 19.0 Å². The van der Waals surface area contributed by atoms with Gasteiger partial charge in [0.2, 0.25) is 11.1 Å². The molecule has 1 aliphatic heterocycles. The van der Waals surface area contributed by atoms with E-state index in [-0.39, 0.29) is 17.3 Å². The third-order valence-electron chi connectivity index (χ3n) is 3.59. The molecule has 0 unspecified atom stereocenters. The zero-order chi connectivity index (χ0) is 16.2. The number of nitrogen functional groups attached to an aromatic ring is 1. The van der Waals surface area contributed by atoms with Crippen LogP contribution in [0.5, 0.6) is 0 Å². The van der Waals surface area contributed by atoms with Gasteiger partial charge in [-0.25, -0.2) is 4.68 Å². The normalized spacial score (nSPS) is 18.9. The molecular formula is C14H19N5O2S2. The van der Waals surface area contributed by atoms with Crippen LogP contribution in [0, 0.1) is 0 Å². The van der Waals surface area contributed by atoms with Crippen LogP contribution in [0.25, 0.3) is 10.7 Å². The molecule has 3 heterocycles. The van der Waals surface area contributed by atoms with Crippen molar-refractivity contribution < 1.29 is 9.53 Å². The summed E-state index contributed by atoms with van der Waals surface area (Å²) in [4.78, 5) is 13.1. The minimum absolute atomic E-state index is 0.0498. The topological polar surface area (TPSA) is 95.1 Å². The molecule has 0 aromatic carbocycles. The summed E-state index contributed by atoms with van der Waals surface area (Å²) in [6, 6.07) is 3.87. The van der Waals surface area contributed by atoms with Gasteiger partial charge in [-0.1, -0.05) is 17.8 Å². The van der Waals surface area contributed by atoms with Gasteiger partial charge in [-0.05, 0) is 31.2 Å².